The van der Waals surface area contributed by atoms with Crippen LogP contribution in [0.15, 0.2) is 18.2 Å². The minimum absolute atomic E-state index is 0.0279. The van der Waals surface area contributed by atoms with Crippen molar-refractivity contribution in [1.29, 1.82) is 0 Å². The predicted molar refractivity (Wildman–Crippen MR) is 98.4 cm³/mol. The summed E-state index contributed by atoms with van der Waals surface area (Å²) in [6, 6.07) is 2.01. The summed E-state index contributed by atoms with van der Waals surface area (Å²) >= 11 is 0. The summed E-state index contributed by atoms with van der Waals surface area (Å²) < 4.78 is 5.65. The highest BCUT2D eigenvalue weighted by Crippen LogP contribution is 2.48. The average Bonchev–Trinajstić information content (AvgIpc) is 3.37. The van der Waals surface area contributed by atoms with E-state index in [0.717, 1.165) is 35.9 Å². The molecule has 4 rings (SSSR count). The Labute approximate surface area is 168 Å². The standard InChI is InChI=1S/C17H17N5O8/c23-15-13-11-3-4-12(30-11)14(13)16(24)20(15)6-5-18-17(25)19-9-2-1-8(21(26)27)7-10(9)22(28)29/h1-2,7,11-14H,3-6H2,(H2,18,19,25)/t11-,12-,13-,14+/m0/s1. The normalized spacial score (nSPS) is 26.6. The van der Waals surface area contributed by atoms with E-state index in [1.54, 1.807) is 0 Å². The van der Waals surface area contributed by atoms with Gasteiger partial charge in [-0.15, -0.1) is 0 Å². The minimum atomic E-state index is -0.848. The molecule has 0 unspecified atom stereocenters. The third-order valence-corrected chi connectivity index (χ3v) is 5.63. The zero-order chi connectivity index (χ0) is 21.6. The molecule has 4 amide bonds. The van der Waals surface area contributed by atoms with Gasteiger partial charge in [-0.1, -0.05) is 0 Å². The monoisotopic (exact) mass is 419 g/mol. The lowest BCUT2D eigenvalue weighted by atomic mass is 9.81. The molecule has 3 aliphatic heterocycles. The van der Waals surface area contributed by atoms with Crippen LogP contribution in [0.25, 0.3) is 0 Å². The van der Waals surface area contributed by atoms with Crippen molar-refractivity contribution in [3.63, 3.8) is 0 Å². The molecule has 3 heterocycles. The molecular formula is C17H17N5O8. The van der Waals surface area contributed by atoms with Gasteiger partial charge in [0.05, 0.1) is 40.0 Å². The quantitative estimate of drug-likeness (QED) is 0.386. The van der Waals surface area contributed by atoms with E-state index >= 15 is 0 Å². The van der Waals surface area contributed by atoms with Crippen molar-refractivity contribution < 1.29 is 29.0 Å². The molecule has 158 valence electrons. The fourth-order valence-corrected chi connectivity index (χ4v) is 4.33. The van der Waals surface area contributed by atoms with Gasteiger partial charge in [-0.25, -0.2) is 4.79 Å². The second kappa shape index (κ2) is 7.33. The smallest absolute Gasteiger partial charge is 0.319 e. The van der Waals surface area contributed by atoms with Gasteiger partial charge < -0.3 is 15.4 Å². The van der Waals surface area contributed by atoms with Crippen LogP contribution in [0.4, 0.5) is 21.9 Å². The van der Waals surface area contributed by atoms with E-state index < -0.39 is 39.1 Å². The number of carbonyl (C=O) groups excluding carboxylic acids is 3. The first-order valence-electron chi connectivity index (χ1n) is 9.26. The van der Waals surface area contributed by atoms with Gasteiger partial charge in [-0.3, -0.25) is 34.7 Å². The van der Waals surface area contributed by atoms with E-state index in [1.807, 2.05) is 0 Å². The molecule has 30 heavy (non-hydrogen) atoms. The lowest BCUT2D eigenvalue weighted by molar-refractivity contribution is -0.393. The van der Waals surface area contributed by atoms with E-state index in [1.165, 1.54) is 0 Å². The Morgan fingerprint density at radius 2 is 1.73 bits per heavy atom. The second-order valence-corrected chi connectivity index (χ2v) is 7.27. The molecule has 4 atom stereocenters. The SMILES string of the molecule is O=C(NCCN1C(=O)[C@@H]2[C@H](C1=O)[C@@H]1CC[C@@H]2O1)Nc1ccc([N+](=O)[O-])cc1[N+](=O)[O-]. The topological polar surface area (TPSA) is 174 Å². The van der Waals surface area contributed by atoms with Gasteiger partial charge in [-0.05, 0) is 18.9 Å². The van der Waals surface area contributed by atoms with Crippen molar-refractivity contribution in [1.82, 2.24) is 10.2 Å². The van der Waals surface area contributed by atoms with E-state index in [2.05, 4.69) is 10.6 Å². The van der Waals surface area contributed by atoms with E-state index in [9.17, 15) is 34.6 Å². The van der Waals surface area contributed by atoms with Crippen molar-refractivity contribution in [2.75, 3.05) is 18.4 Å². The Morgan fingerprint density at radius 1 is 1.10 bits per heavy atom. The van der Waals surface area contributed by atoms with Gasteiger partial charge in [0.25, 0.3) is 11.4 Å². The molecule has 0 aromatic heterocycles. The fraction of sp³-hybridized carbons (Fsp3) is 0.471. The minimum Gasteiger partial charge on any atom is -0.373 e. The molecule has 2 bridgehead atoms. The molecule has 3 fully saturated rings. The number of hydrogen-bond donors (Lipinski definition) is 2. The van der Waals surface area contributed by atoms with Crippen LogP contribution >= 0.6 is 0 Å². The number of imide groups is 1. The highest BCUT2D eigenvalue weighted by molar-refractivity contribution is 6.06. The number of hydrogen-bond acceptors (Lipinski definition) is 8. The van der Waals surface area contributed by atoms with Crippen LogP contribution in [-0.4, -0.2) is 57.9 Å². The van der Waals surface area contributed by atoms with E-state index in [4.69, 9.17) is 4.74 Å². The van der Waals surface area contributed by atoms with Gasteiger partial charge in [-0.2, -0.15) is 0 Å². The molecule has 1 aromatic rings. The number of non-ortho nitro benzene ring substituents is 1. The number of rotatable bonds is 6. The Bertz CT molecular complexity index is 937. The van der Waals surface area contributed by atoms with Gasteiger partial charge in [0.15, 0.2) is 0 Å². The number of benzene rings is 1. The molecule has 3 aliphatic rings. The second-order valence-electron chi connectivity index (χ2n) is 7.27. The third kappa shape index (κ3) is 3.22. The maximum atomic E-state index is 12.5. The van der Waals surface area contributed by atoms with Gasteiger partial charge in [0.1, 0.15) is 5.69 Å². The Morgan fingerprint density at radius 3 is 2.30 bits per heavy atom. The molecule has 0 radical (unpaired) electrons. The van der Waals surface area contributed by atoms with Crippen LogP contribution in [0.1, 0.15) is 12.8 Å². The summed E-state index contributed by atoms with van der Waals surface area (Å²) in [7, 11) is 0. The molecule has 0 saturated carbocycles. The van der Waals surface area contributed by atoms with Crippen molar-refractivity contribution in [3.8, 4) is 0 Å². The van der Waals surface area contributed by atoms with Crippen LogP contribution in [-0.2, 0) is 14.3 Å². The highest BCUT2D eigenvalue weighted by atomic mass is 16.6. The lowest BCUT2D eigenvalue weighted by Gasteiger charge is -2.17. The molecule has 0 aliphatic carbocycles. The number of nitrogens with zero attached hydrogens (tertiary/aromatic N) is 3. The first-order valence-corrected chi connectivity index (χ1v) is 9.26. The Kier molecular flexibility index (Phi) is 4.81. The summed E-state index contributed by atoms with van der Waals surface area (Å²) in [6.45, 7) is -0.0837. The summed E-state index contributed by atoms with van der Waals surface area (Å²) in [5.41, 5.74) is -1.34. The number of nitrogens with one attached hydrogen (secondary N) is 2. The van der Waals surface area contributed by atoms with E-state index in [-0.39, 0.29) is 42.8 Å². The molecule has 13 nitrogen and oxygen atoms in total. The number of nitro groups is 2. The molecule has 1 aromatic carbocycles. The summed E-state index contributed by atoms with van der Waals surface area (Å²) in [6.07, 6.45) is 1.07. The van der Waals surface area contributed by atoms with Crippen molar-refractivity contribution in [2.24, 2.45) is 11.8 Å². The number of amides is 4. The maximum Gasteiger partial charge on any atom is 0.319 e. The van der Waals surface area contributed by atoms with Crippen LogP contribution < -0.4 is 10.6 Å². The highest BCUT2D eigenvalue weighted by Gasteiger charge is 2.62. The number of fused-ring (bicyclic) bond motifs is 5. The first-order chi connectivity index (χ1) is 14.3. The molecule has 0 spiro atoms. The number of likely N-dealkylation sites (tertiary alicyclic amines) is 1. The third-order valence-electron chi connectivity index (χ3n) is 5.63. The van der Waals surface area contributed by atoms with Crippen LogP contribution in [0.3, 0.4) is 0 Å². The van der Waals surface area contributed by atoms with Crippen LogP contribution in [0, 0.1) is 32.1 Å². The molecule has 13 heteroatoms. The molecule has 3 saturated heterocycles. The van der Waals surface area contributed by atoms with Crippen LogP contribution in [0.2, 0.25) is 0 Å². The van der Waals surface area contributed by atoms with Crippen molar-refractivity contribution in [2.45, 2.75) is 25.0 Å². The summed E-state index contributed by atoms with van der Waals surface area (Å²) in [4.78, 5) is 58.5. The number of ether oxygens (including phenoxy) is 1. The summed E-state index contributed by atoms with van der Waals surface area (Å²) in [5.74, 6) is -1.50. The van der Waals surface area contributed by atoms with E-state index in [0.29, 0.717) is 0 Å². The molecule has 2 N–H and O–H groups in total. The van der Waals surface area contributed by atoms with Crippen molar-refractivity contribution >= 4 is 34.9 Å². The summed E-state index contributed by atoms with van der Waals surface area (Å²) in [5, 5.41) is 26.5. The number of nitro benzene ring substituents is 2. The van der Waals surface area contributed by atoms with Crippen molar-refractivity contribution in [3.05, 3.63) is 38.4 Å². The number of carbonyl (C=O) groups is 3. The zero-order valence-electron chi connectivity index (χ0n) is 15.5. The van der Waals surface area contributed by atoms with Gasteiger partial charge in [0.2, 0.25) is 11.8 Å². The number of anilines is 1. The average molecular weight is 419 g/mol. The maximum absolute atomic E-state index is 12.5. The van der Waals surface area contributed by atoms with Crippen LogP contribution in [0.5, 0.6) is 0 Å². The lowest BCUT2D eigenvalue weighted by Crippen LogP contribution is -2.41. The van der Waals surface area contributed by atoms with Gasteiger partial charge in [0, 0.05) is 19.2 Å². The predicted octanol–water partition coefficient (Wildman–Crippen LogP) is 0.787. The Balaban J connectivity index is 1.34. The van der Waals surface area contributed by atoms with Gasteiger partial charge >= 0.3 is 6.03 Å². The zero-order valence-corrected chi connectivity index (χ0v) is 15.5. The fourth-order valence-electron chi connectivity index (χ4n) is 4.33. The Hall–Kier alpha value is -3.61. The largest absolute Gasteiger partial charge is 0.373 e. The molecular weight excluding hydrogens is 402 g/mol. The number of urea groups is 1. The first kappa shape index (κ1) is 19.7.